The summed E-state index contributed by atoms with van der Waals surface area (Å²) in [6, 6.07) is 34.5. The van der Waals surface area contributed by atoms with Crippen molar-refractivity contribution >= 4 is 90.0 Å². The van der Waals surface area contributed by atoms with Crippen LogP contribution in [-0.2, 0) is 0 Å². The number of aromatic nitrogens is 4. The van der Waals surface area contributed by atoms with Gasteiger partial charge in [0.05, 0.1) is 71.0 Å². The average molecular weight is 1120 g/mol. The molecule has 0 saturated heterocycles. The third-order valence-electron chi connectivity index (χ3n) is 13.1. The number of ether oxygens (including phenoxy) is 4. The summed E-state index contributed by atoms with van der Waals surface area (Å²) in [6.45, 7) is 4.01. The molecular weight excluding hydrogens is 1060 g/mol. The molecule has 0 radical (unpaired) electrons. The molecule has 0 unspecified atom stereocenters. The Morgan fingerprint density at radius 2 is 0.783 bits per heavy atom. The van der Waals surface area contributed by atoms with Crippen molar-refractivity contribution in [3.8, 4) is 23.0 Å². The van der Waals surface area contributed by atoms with Gasteiger partial charge in [-0.3, -0.25) is 29.3 Å². The Labute approximate surface area is 475 Å². The molecule has 12 N–H and O–H groups in total. The smallest absolute Gasteiger partial charge is 0.295 e. The van der Waals surface area contributed by atoms with Crippen LogP contribution in [0, 0.1) is 10.1 Å². The number of nitro groups is 1. The number of nitro benzene ring substituents is 1. The number of para-hydroxylation sites is 4. The summed E-state index contributed by atoms with van der Waals surface area (Å²) in [6.07, 6.45) is 1.98. The van der Waals surface area contributed by atoms with E-state index < -0.39 is 28.6 Å². The molecule has 0 aliphatic carbocycles. The fourth-order valence-corrected chi connectivity index (χ4v) is 8.96. The Morgan fingerprint density at radius 3 is 1.13 bits per heavy atom. The van der Waals surface area contributed by atoms with Gasteiger partial charge < -0.3 is 63.1 Å². The molecule has 0 aliphatic rings. The number of hydrogen-bond donors (Lipinski definition) is 8. The molecule has 23 heteroatoms. The average Bonchev–Trinajstić information content (AvgIpc) is 3.25. The van der Waals surface area contributed by atoms with Crippen LogP contribution in [0.4, 0.5) is 22.7 Å². The van der Waals surface area contributed by atoms with E-state index in [1.54, 1.807) is 66.7 Å². The van der Waals surface area contributed by atoms with Crippen molar-refractivity contribution in [2.75, 3.05) is 68.6 Å². The Morgan fingerprint density at radius 1 is 0.458 bits per heavy atom. The van der Waals surface area contributed by atoms with Crippen LogP contribution in [0.2, 0.25) is 0 Å². The molecule has 0 aliphatic heterocycles. The van der Waals surface area contributed by atoms with Crippen LogP contribution in [0.25, 0.3) is 43.6 Å². The van der Waals surface area contributed by atoms with E-state index in [2.05, 4.69) is 26.3 Å². The minimum absolute atomic E-state index is 0.0490. The molecule has 83 heavy (non-hydrogen) atoms. The standard InChI is InChI=1S/C60H61N13O10/c1-35(36-13-3-2-4-14-36)65-57(74)44-31-49(80-27-9-23-61)37-15-5-19-41(53(37)66-44)70-58(75)45-32-50(81-28-10-24-62)38-16-6-20-42(54(38)67-45)71-59(76)46-33-51(82-29-11-25-63)39-17-7-21-43(55(39)68-46)72-60(77)47-34-52(83-30-12-26-64)40-18-8-22-48(73(78)79)56(40)69-47/h2-8,13-22,31-35H,9-12,23-30,61-64H2,1H3,(H,65,74)(H,70,75)(H,71,76)(H,72,77)/t35-/m1/s1. The maximum Gasteiger partial charge on any atom is 0.295 e. The Kier molecular flexibility index (Phi) is 18.8. The maximum absolute atomic E-state index is 14.7. The van der Waals surface area contributed by atoms with Gasteiger partial charge in [0.15, 0.2) is 5.52 Å². The molecule has 5 aromatic carbocycles. The van der Waals surface area contributed by atoms with Gasteiger partial charge >= 0.3 is 0 Å². The molecule has 9 rings (SSSR count). The van der Waals surface area contributed by atoms with Crippen molar-refractivity contribution in [1.29, 1.82) is 0 Å². The van der Waals surface area contributed by atoms with Crippen molar-refractivity contribution in [3.63, 3.8) is 0 Å². The molecule has 23 nitrogen and oxygen atoms in total. The SMILES string of the molecule is C[C@@H](NC(=O)c1cc(OCCCN)c2cccc(NC(=O)c3cc(OCCCN)c4cccc(NC(=O)c5cc(OCCCN)c6cccc(NC(=O)c7cc(OCCCN)c8cccc([N+](=O)[O-])c8n7)c6n5)c4n3)c2n1)c1ccccc1. The van der Waals surface area contributed by atoms with Gasteiger partial charge in [-0.05, 0) is 107 Å². The topological polar surface area (TPSA) is 352 Å². The van der Waals surface area contributed by atoms with Crippen LogP contribution < -0.4 is 63.1 Å². The zero-order valence-electron chi connectivity index (χ0n) is 45.3. The number of rotatable bonds is 26. The van der Waals surface area contributed by atoms with Gasteiger partial charge in [0.2, 0.25) is 0 Å². The lowest BCUT2D eigenvalue weighted by Gasteiger charge is -2.17. The molecule has 4 heterocycles. The number of hydrogen-bond acceptors (Lipinski definition) is 18. The first-order valence-electron chi connectivity index (χ1n) is 26.9. The fourth-order valence-electron chi connectivity index (χ4n) is 8.96. The maximum atomic E-state index is 14.7. The van der Waals surface area contributed by atoms with E-state index >= 15 is 0 Å². The summed E-state index contributed by atoms with van der Waals surface area (Å²) in [4.78, 5) is 87.6. The van der Waals surface area contributed by atoms with E-state index in [1.807, 2.05) is 37.3 Å². The third-order valence-corrected chi connectivity index (χ3v) is 13.1. The number of fused-ring (bicyclic) bond motifs is 4. The Balaban J connectivity index is 1.06. The van der Waals surface area contributed by atoms with E-state index in [0.29, 0.717) is 79.2 Å². The first-order chi connectivity index (χ1) is 40.4. The van der Waals surface area contributed by atoms with Gasteiger partial charge in [-0.1, -0.05) is 54.6 Å². The predicted molar refractivity (Wildman–Crippen MR) is 316 cm³/mol. The zero-order valence-corrected chi connectivity index (χ0v) is 45.3. The molecule has 0 bridgehead atoms. The van der Waals surface area contributed by atoms with Crippen molar-refractivity contribution < 1.29 is 43.0 Å². The van der Waals surface area contributed by atoms with Crippen LogP contribution in [0.15, 0.2) is 127 Å². The van der Waals surface area contributed by atoms with Crippen LogP contribution in [0.1, 0.15) is 86.2 Å². The van der Waals surface area contributed by atoms with Crippen molar-refractivity contribution in [2.24, 2.45) is 22.9 Å². The first-order valence-corrected chi connectivity index (χ1v) is 26.9. The second-order valence-corrected chi connectivity index (χ2v) is 19.0. The number of anilines is 3. The zero-order chi connectivity index (χ0) is 58.4. The van der Waals surface area contributed by atoms with Gasteiger partial charge in [0.1, 0.15) is 45.8 Å². The molecule has 4 aromatic heterocycles. The van der Waals surface area contributed by atoms with Crippen LogP contribution in [0.3, 0.4) is 0 Å². The van der Waals surface area contributed by atoms with E-state index in [0.717, 1.165) is 5.56 Å². The van der Waals surface area contributed by atoms with Gasteiger partial charge in [0, 0.05) is 51.9 Å². The summed E-state index contributed by atoms with van der Waals surface area (Å²) in [5, 5.41) is 25.5. The highest BCUT2D eigenvalue weighted by Gasteiger charge is 2.25. The van der Waals surface area contributed by atoms with Crippen LogP contribution >= 0.6 is 0 Å². The molecule has 9 aromatic rings. The predicted octanol–water partition coefficient (Wildman–Crippen LogP) is 7.95. The first kappa shape index (κ1) is 57.7. The lowest BCUT2D eigenvalue weighted by atomic mass is 10.1. The van der Waals surface area contributed by atoms with Crippen LogP contribution in [0.5, 0.6) is 23.0 Å². The minimum atomic E-state index is -0.759. The number of nitrogens with zero attached hydrogens (tertiary/aromatic N) is 5. The minimum Gasteiger partial charge on any atom is -0.493 e. The second kappa shape index (κ2) is 27.0. The monoisotopic (exact) mass is 1120 g/mol. The van der Waals surface area contributed by atoms with E-state index in [4.69, 9.17) is 56.8 Å². The third kappa shape index (κ3) is 13.5. The van der Waals surface area contributed by atoms with Crippen molar-refractivity contribution in [2.45, 2.75) is 38.6 Å². The molecule has 0 spiro atoms. The molecule has 426 valence electrons. The Hall–Kier alpha value is -9.94. The number of nitrogens with two attached hydrogens (primary N) is 4. The Bertz CT molecular complexity index is 3890. The number of nitrogens with one attached hydrogen (secondary N) is 4. The summed E-state index contributed by atoms with van der Waals surface area (Å²) in [7, 11) is 0. The van der Waals surface area contributed by atoms with E-state index in [9.17, 15) is 29.3 Å². The number of pyridine rings is 4. The highest BCUT2D eigenvalue weighted by Crippen LogP contribution is 2.37. The van der Waals surface area contributed by atoms with Crippen molar-refractivity contribution in [1.82, 2.24) is 25.3 Å². The molecular formula is C60H61N13O10. The van der Waals surface area contributed by atoms with Gasteiger partial charge in [0.25, 0.3) is 29.3 Å². The van der Waals surface area contributed by atoms with E-state index in [1.165, 1.54) is 30.3 Å². The number of benzene rings is 5. The molecule has 0 saturated carbocycles. The van der Waals surface area contributed by atoms with Gasteiger partial charge in [-0.25, -0.2) is 19.9 Å². The summed E-state index contributed by atoms with van der Waals surface area (Å²) in [5.41, 5.74) is 24.4. The van der Waals surface area contributed by atoms with Gasteiger partial charge in [-0.2, -0.15) is 0 Å². The number of carbonyl (C=O) groups excluding carboxylic acids is 4. The molecule has 1 atom stereocenters. The lowest BCUT2D eigenvalue weighted by molar-refractivity contribution is -0.383. The van der Waals surface area contributed by atoms with Crippen molar-refractivity contribution in [3.05, 3.63) is 166 Å². The largest absolute Gasteiger partial charge is 0.493 e. The van der Waals surface area contributed by atoms with Crippen LogP contribution in [-0.4, -0.2) is 101 Å². The molecule has 0 fully saturated rings. The second-order valence-electron chi connectivity index (χ2n) is 19.0. The quantitative estimate of drug-likeness (QED) is 0.0145. The summed E-state index contributed by atoms with van der Waals surface area (Å²) in [5.74, 6) is -1.56. The normalized spacial score (nSPS) is 11.5. The summed E-state index contributed by atoms with van der Waals surface area (Å²) < 4.78 is 24.5. The molecule has 4 amide bonds. The number of amides is 4. The van der Waals surface area contributed by atoms with Gasteiger partial charge in [-0.15, -0.1) is 0 Å². The number of carbonyl (C=O) groups is 4. The lowest BCUT2D eigenvalue weighted by Crippen LogP contribution is -2.27. The van der Waals surface area contributed by atoms with E-state index in [-0.39, 0.29) is 117 Å². The highest BCUT2D eigenvalue weighted by molar-refractivity contribution is 6.14. The number of non-ortho nitro benzene ring substituents is 1. The summed E-state index contributed by atoms with van der Waals surface area (Å²) >= 11 is 0. The highest BCUT2D eigenvalue weighted by atomic mass is 16.6. The fraction of sp³-hybridized carbons (Fsp3) is 0.233.